The second kappa shape index (κ2) is 8.13. The Morgan fingerprint density at radius 2 is 1.76 bits per heavy atom. The lowest BCUT2D eigenvalue weighted by Gasteiger charge is -2.32. The van der Waals surface area contributed by atoms with E-state index in [4.69, 9.17) is 4.74 Å². The van der Waals surface area contributed by atoms with E-state index in [-0.39, 0.29) is 12.1 Å². The average Bonchev–Trinajstić information content (AvgIpc) is 3.36. The van der Waals surface area contributed by atoms with E-state index in [2.05, 4.69) is 58.1 Å². The Hall–Kier alpha value is -2.43. The third kappa shape index (κ3) is 3.75. The molecule has 1 saturated carbocycles. The van der Waals surface area contributed by atoms with Crippen molar-refractivity contribution in [2.24, 2.45) is 5.92 Å². The first-order valence-corrected chi connectivity index (χ1v) is 10.7. The Morgan fingerprint density at radius 1 is 1.00 bits per heavy atom. The van der Waals surface area contributed by atoms with Crippen LogP contribution in [-0.2, 0) is 11.3 Å². The predicted octanol–water partition coefficient (Wildman–Crippen LogP) is 4.98. The number of hydrogen-bond donors (Lipinski definition) is 1. The number of nitrogens with zero attached hydrogens (tertiary/aromatic N) is 2. The van der Waals surface area contributed by atoms with Crippen molar-refractivity contribution in [1.82, 2.24) is 9.55 Å². The van der Waals surface area contributed by atoms with Gasteiger partial charge in [-0.15, -0.1) is 0 Å². The number of imidazole rings is 1. The van der Waals surface area contributed by atoms with Crippen molar-refractivity contribution >= 4 is 0 Å². The van der Waals surface area contributed by atoms with Crippen molar-refractivity contribution in [3.05, 3.63) is 78.2 Å². The van der Waals surface area contributed by atoms with Crippen LogP contribution in [0.2, 0.25) is 0 Å². The zero-order valence-electron chi connectivity index (χ0n) is 16.7. The fraction of sp³-hybridized carbons (Fsp3) is 0.400. The average molecular weight is 389 g/mol. The smallest absolute Gasteiger partial charge is 0.0956 e. The summed E-state index contributed by atoms with van der Waals surface area (Å²) in [6.07, 6.45) is 8.74. The zero-order chi connectivity index (χ0) is 19.6. The van der Waals surface area contributed by atoms with Crippen LogP contribution in [0.1, 0.15) is 49.3 Å². The Morgan fingerprint density at radius 3 is 2.59 bits per heavy atom. The van der Waals surface area contributed by atoms with Crippen molar-refractivity contribution in [3.8, 4) is 11.3 Å². The van der Waals surface area contributed by atoms with Gasteiger partial charge in [0.05, 0.1) is 43.1 Å². The molecule has 5 rings (SSSR count). The molecule has 0 unspecified atom stereocenters. The van der Waals surface area contributed by atoms with Crippen LogP contribution < -0.4 is 0 Å². The highest BCUT2D eigenvalue weighted by molar-refractivity contribution is 5.68. The van der Waals surface area contributed by atoms with Gasteiger partial charge in [-0.2, -0.15) is 0 Å². The van der Waals surface area contributed by atoms with E-state index >= 15 is 0 Å². The number of hydrogen-bond acceptors (Lipinski definition) is 3. The number of aromatic nitrogens is 2. The van der Waals surface area contributed by atoms with E-state index < -0.39 is 0 Å². The van der Waals surface area contributed by atoms with Gasteiger partial charge in [-0.25, -0.2) is 4.98 Å². The van der Waals surface area contributed by atoms with Gasteiger partial charge in [0.25, 0.3) is 0 Å². The van der Waals surface area contributed by atoms with E-state index in [1.54, 1.807) is 0 Å². The second-order valence-electron chi connectivity index (χ2n) is 8.43. The standard InChI is InChI=1S/C25H28N2O2/c28-25(14-23-21-8-4-5-9-22(21)24-15-26-17-27(23)24)19-10-12-20(13-11-19)29-16-18-6-2-1-3-7-18/h1-9,15,17,19-20,23,25,28H,10-14,16H2/t19?,20?,23-,25-/m1/s1. The summed E-state index contributed by atoms with van der Waals surface area (Å²) in [7, 11) is 0. The molecule has 0 amide bonds. The third-order valence-corrected chi connectivity index (χ3v) is 6.65. The molecule has 2 atom stereocenters. The van der Waals surface area contributed by atoms with Gasteiger partial charge in [-0.1, -0.05) is 54.6 Å². The van der Waals surface area contributed by atoms with Crippen LogP contribution >= 0.6 is 0 Å². The number of benzene rings is 2. The molecule has 29 heavy (non-hydrogen) atoms. The van der Waals surface area contributed by atoms with Crippen LogP contribution in [0.5, 0.6) is 0 Å². The largest absolute Gasteiger partial charge is 0.393 e. The first kappa shape index (κ1) is 18.6. The first-order valence-electron chi connectivity index (χ1n) is 10.7. The maximum Gasteiger partial charge on any atom is 0.0956 e. The molecule has 1 aliphatic carbocycles. The molecule has 0 spiro atoms. The van der Waals surface area contributed by atoms with E-state index in [9.17, 15) is 5.11 Å². The Bertz CT molecular complexity index is 944. The van der Waals surface area contributed by atoms with Crippen LogP contribution in [0.4, 0.5) is 0 Å². The Labute approximate surface area is 172 Å². The quantitative estimate of drug-likeness (QED) is 0.648. The SMILES string of the molecule is O[C@H](C[C@@H]1c2ccccc2-c2cncn21)C1CCC(OCc2ccccc2)CC1. The molecule has 0 radical (unpaired) electrons. The lowest BCUT2D eigenvalue weighted by Crippen LogP contribution is -2.30. The summed E-state index contributed by atoms with van der Waals surface area (Å²) in [4.78, 5) is 4.33. The summed E-state index contributed by atoms with van der Waals surface area (Å²) in [5, 5.41) is 11.0. The number of aliphatic hydroxyl groups is 1. The zero-order valence-corrected chi connectivity index (χ0v) is 16.7. The number of aliphatic hydroxyl groups excluding tert-OH is 1. The molecule has 1 N–H and O–H groups in total. The molecule has 1 aromatic heterocycles. The van der Waals surface area contributed by atoms with Crippen LogP contribution in [-0.4, -0.2) is 26.9 Å². The maximum absolute atomic E-state index is 11.0. The fourth-order valence-corrected chi connectivity index (χ4v) is 5.02. The lowest BCUT2D eigenvalue weighted by molar-refractivity contribution is -0.0160. The van der Waals surface area contributed by atoms with Gasteiger partial charge >= 0.3 is 0 Å². The van der Waals surface area contributed by atoms with Gasteiger partial charge in [0.1, 0.15) is 0 Å². The van der Waals surface area contributed by atoms with Crippen LogP contribution in [0.15, 0.2) is 67.1 Å². The van der Waals surface area contributed by atoms with E-state index in [1.807, 2.05) is 18.6 Å². The van der Waals surface area contributed by atoms with E-state index in [0.717, 1.165) is 37.8 Å². The first-order chi connectivity index (χ1) is 14.3. The lowest BCUT2D eigenvalue weighted by atomic mass is 9.81. The molecular weight excluding hydrogens is 360 g/mol. The van der Waals surface area contributed by atoms with E-state index in [0.29, 0.717) is 18.6 Å². The van der Waals surface area contributed by atoms with Gasteiger partial charge in [-0.05, 0) is 49.1 Å². The Balaban J connectivity index is 1.17. The number of ether oxygens (including phenoxy) is 1. The van der Waals surface area contributed by atoms with Gasteiger partial charge in [-0.3, -0.25) is 0 Å². The summed E-state index contributed by atoms with van der Waals surface area (Å²) in [5.74, 6) is 0.353. The summed E-state index contributed by atoms with van der Waals surface area (Å²) in [6.45, 7) is 0.682. The molecule has 4 heteroatoms. The summed E-state index contributed by atoms with van der Waals surface area (Å²) < 4.78 is 8.34. The fourth-order valence-electron chi connectivity index (χ4n) is 5.02. The van der Waals surface area contributed by atoms with Crippen molar-refractivity contribution in [2.45, 2.75) is 57.0 Å². The van der Waals surface area contributed by atoms with E-state index in [1.165, 1.54) is 16.7 Å². The summed E-state index contributed by atoms with van der Waals surface area (Å²) in [5.41, 5.74) is 4.95. The molecule has 0 saturated heterocycles. The van der Waals surface area contributed by atoms with Crippen LogP contribution in [0.25, 0.3) is 11.3 Å². The topological polar surface area (TPSA) is 47.3 Å². The van der Waals surface area contributed by atoms with Crippen LogP contribution in [0.3, 0.4) is 0 Å². The molecule has 3 aromatic rings. The maximum atomic E-state index is 11.0. The molecule has 2 heterocycles. The Kier molecular flexibility index (Phi) is 5.21. The molecule has 150 valence electrons. The molecule has 1 fully saturated rings. The predicted molar refractivity (Wildman–Crippen MR) is 113 cm³/mol. The van der Waals surface area contributed by atoms with Crippen LogP contribution in [0, 0.1) is 5.92 Å². The minimum absolute atomic E-state index is 0.186. The van der Waals surface area contributed by atoms with Gasteiger partial charge < -0.3 is 14.4 Å². The molecule has 1 aliphatic heterocycles. The molecule has 4 nitrogen and oxygen atoms in total. The highest BCUT2D eigenvalue weighted by atomic mass is 16.5. The van der Waals surface area contributed by atoms with Crippen molar-refractivity contribution in [3.63, 3.8) is 0 Å². The summed E-state index contributed by atoms with van der Waals surface area (Å²) in [6, 6.07) is 19.1. The molecule has 2 aliphatic rings. The monoisotopic (exact) mass is 388 g/mol. The second-order valence-corrected chi connectivity index (χ2v) is 8.43. The molecular formula is C25H28N2O2. The number of rotatable bonds is 6. The van der Waals surface area contributed by atoms with Gasteiger partial charge in [0.15, 0.2) is 0 Å². The van der Waals surface area contributed by atoms with Crippen molar-refractivity contribution < 1.29 is 9.84 Å². The van der Waals surface area contributed by atoms with Gasteiger partial charge in [0, 0.05) is 5.56 Å². The highest BCUT2D eigenvalue weighted by Gasteiger charge is 2.33. The molecule has 0 bridgehead atoms. The minimum atomic E-state index is -0.295. The minimum Gasteiger partial charge on any atom is -0.393 e. The highest BCUT2D eigenvalue weighted by Crippen LogP contribution is 2.42. The number of fused-ring (bicyclic) bond motifs is 3. The van der Waals surface area contributed by atoms with Gasteiger partial charge in [0.2, 0.25) is 0 Å². The van der Waals surface area contributed by atoms with Crippen molar-refractivity contribution in [2.75, 3.05) is 0 Å². The summed E-state index contributed by atoms with van der Waals surface area (Å²) >= 11 is 0. The normalized spacial score (nSPS) is 24.1. The van der Waals surface area contributed by atoms with Crippen molar-refractivity contribution in [1.29, 1.82) is 0 Å². The molecule has 2 aromatic carbocycles. The third-order valence-electron chi connectivity index (χ3n) is 6.65.